The summed E-state index contributed by atoms with van der Waals surface area (Å²) < 4.78 is 0. The molecule has 0 saturated carbocycles. The Bertz CT molecular complexity index is 892. The van der Waals surface area contributed by atoms with Gasteiger partial charge in [0.15, 0.2) is 0 Å². The molecule has 1 unspecified atom stereocenters. The zero-order valence-electron chi connectivity index (χ0n) is 15.7. The van der Waals surface area contributed by atoms with E-state index in [0.29, 0.717) is 12.1 Å². The Balaban J connectivity index is 1.80. The number of nitrogens with one attached hydrogen (secondary N) is 2. The fourth-order valence-electron chi connectivity index (χ4n) is 3.29. The number of aryl methyl sites for hydroxylation is 2. The van der Waals surface area contributed by atoms with Gasteiger partial charge in [0.25, 0.3) is 5.91 Å². The van der Waals surface area contributed by atoms with Crippen LogP contribution in [0.4, 0.5) is 10.5 Å². The average molecular weight is 365 g/mol. The lowest BCUT2D eigenvalue weighted by atomic mass is 9.87. The van der Waals surface area contributed by atoms with Crippen molar-refractivity contribution in [2.45, 2.75) is 32.7 Å². The molecule has 0 radical (unpaired) electrons. The number of benzene rings is 2. The molecule has 3 rings (SSSR count). The van der Waals surface area contributed by atoms with E-state index in [4.69, 9.17) is 0 Å². The Kier molecular flexibility index (Phi) is 4.99. The second kappa shape index (κ2) is 7.23. The number of para-hydroxylation sites is 1. The summed E-state index contributed by atoms with van der Waals surface area (Å²) in [5.41, 5.74) is 2.22. The van der Waals surface area contributed by atoms with Crippen LogP contribution in [0.2, 0.25) is 0 Å². The number of hydrogen-bond acceptors (Lipinski definition) is 3. The van der Waals surface area contributed by atoms with Gasteiger partial charge >= 0.3 is 6.03 Å². The third-order valence-electron chi connectivity index (χ3n) is 4.97. The predicted octanol–water partition coefficient (Wildman–Crippen LogP) is 3.10. The van der Waals surface area contributed by atoms with Crippen LogP contribution in [-0.4, -0.2) is 29.3 Å². The Morgan fingerprint density at radius 2 is 1.74 bits per heavy atom. The first-order valence-corrected chi connectivity index (χ1v) is 8.94. The fourth-order valence-corrected chi connectivity index (χ4v) is 3.29. The molecule has 140 valence electrons. The van der Waals surface area contributed by atoms with Crippen molar-refractivity contribution in [3.63, 3.8) is 0 Å². The van der Waals surface area contributed by atoms with Crippen LogP contribution in [0.15, 0.2) is 48.5 Å². The van der Waals surface area contributed by atoms with E-state index in [1.54, 1.807) is 6.07 Å². The van der Waals surface area contributed by atoms with E-state index in [1.165, 1.54) is 0 Å². The third kappa shape index (κ3) is 3.43. The fraction of sp³-hybridized carbons (Fsp3) is 0.286. The van der Waals surface area contributed by atoms with Crippen molar-refractivity contribution in [2.24, 2.45) is 0 Å². The van der Waals surface area contributed by atoms with Gasteiger partial charge in [-0.3, -0.25) is 14.5 Å². The summed E-state index contributed by atoms with van der Waals surface area (Å²) in [6.45, 7) is 5.35. The number of carbonyl (C=O) groups is 3. The molecule has 1 fully saturated rings. The SMILES string of the molecule is CCC1(c2ccc(C)cc2)NC(=O)N(CC(=O)Nc2ccccc2C)C1=O. The van der Waals surface area contributed by atoms with Crippen LogP contribution >= 0.6 is 0 Å². The van der Waals surface area contributed by atoms with Gasteiger partial charge in [0.2, 0.25) is 5.91 Å². The zero-order valence-corrected chi connectivity index (χ0v) is 15.7. The van der Waals surface area contributed by atoms with Gasteiger partial charge < -0.3 is 10.6 Å². The van der Waals surface area contributed by atoms with Crippen molar-refractivity contribution >= 4 is 23.5 Å². The maximum atomic E-state index is 13.1. The minimum atomic E-state index is -1.13. The third-order valence-corrected chi connectivity index (χ3v) is 4.97. The Hall–Kier alpha value is -3.15. The second-order valence-corrected chi connectivity index (χ2v) is 6.81. The molecule has 27 heavy (non-hydrogen) atoms. The Morgan fingerprint density at radius 1 is 1.07 bits per heavy atom. The van der Waals surface area contributed by atoms with Crippen molar-refractivity contribution in [2.75, 3.05) is 11.9 Å². The molecular formula is C21H23N3O3. The number of urea groups is 1. The number of anilines is 1. The van der Waals surface area contributed by atoms with E-state index in [1.807, 2.05) is 63.2 Å². The first-order chi connectivity index (χ1) is 12.9. The average Bonchev–Trinajstić information content (AvgIpc) is 2.89. The summed E-state index contributed by atoms with van der Waals surface area (Å²) in [7, 11) is 0. The number of imide groups is 1. The molecule has 1 aliphatic heterocycles. The van der Waals surface area contributed by atoms with Gasteiger partial charge in [-0.1, -0.05) is 55.0 Å². The lowest BCUT2D eigenvalue weighted by Crippen LogP contribution is -2.44. The Labute approximate surface area is 158 Å². The largest absolute Gasteiger partial charge is 0.325 e. The molecule has 6 heteroatoms. The lowest BCUT2D eigenvalue weighted by Gasteiger charge is -2.26. The molecule has 0 spiro atoms. The van der Waals surface area contributed by atoms with Crippen molar-refractivity contribution < 1.29 is 14.4 Å². The summed E-state index contributed by atoms with van der Waals surface area (Å²) in [6.07, 6.45) is 0.399. The zero-order chi connectivity index (χ0) is 19.6. The quantitative estimate of drug-likeness (QED) is 0.799. The minimum Gasteiger partial charge on any atom is -0.324 e. The van der Waals surface area contributed by atoms with Crippen molar-refractivity contribution in [3.05, 3.63) is 65.2 Å². The van der Waals surface area contributed by atoms with E-state index in [-0.39, 0.29) is 6.54 Å². The van der Waals surface area contributed by atoms with Gasteiger partial charge in [0.05, 0.1) is 0 Å². The van der Waals surface area contributed by atoms with Gasteiger partial charge in [-0.25, -0.2) is 4.79 Å². The molecule has 4 amide bonds. The van der Waals surface area contributed by atoms with Gasteiger partial charge in [0, 0.05) is 5.69 Å². The second-order valence-electron chi connectivity index (χ2n) is 6.81. The normalized spacial score (nSPS) is 19.1. The van der Waals surface area contributed by atoms with Crippen LogP contribution in [-0.2, 0) is 15.1 Å². The van der Waals surface area contributed by atoms with Crippen LogP contribution in [0.25, 0.3) is 0 Å². The summed E-state index contributed by atoms with van der Waals surface area (Å²) in [4.78, 5) is 38.9. The molecule has 2 aromatic rings. The van der Waals surface area contributed by atoms with E-state index in [0.717, 1.165) is 21.6 Å². The van der Waals surface area contributed by atoms with Crippen LogP contribution < -0.4 is 10.6 Å². The van der Waals surface area contributed by atoms with Crippen molar-refractivity contribution in [3.8, 4) is 0 Å². The number of hydrogen-bond donors (Lipinski definition) is 2. The molecule has 2 N–H and O–H groups in total. The topological polar surface area (TPSA) is 78.5 Å². The van der Waals surface area contributed by atoms with Gasteiger partial charge in [-0.05, 0) is 37.5 Å². The highest BCUT2D eigenvalue weighted by molar-refractivity contribution is 6.10. The van der Waals surface area contributed by atoms with E-state index < -0.39 is 23.4 Å². The minimum absolute atomic E-state index is 0.327. The van der Waals surface area contributed by atoms with Crippen LogP contribution in [0.1, 0.15) is 30.0 Å². The first kappa shape index (κ1) is 18.6. The molecule has 0 aromatic heterocycles. The summed E-state index contributed by atoms with van der Waals surface area (Å²) in [5.74, 6) is -0.817. The molecule has 0 aliphatic carbocycles. The highest BCUT2D eigenvalue weighted by Gasteiger charge is 2.51. The highest BCUT2D eigenvalue weighted by atomic mass is 16.2. The first-order valence-electron chi connectivity index (χ1n) is 8.94. The molecule has 0 bridgehead atoms. The molecule has 6 nitrogen and oxygen atoms in total. The lowest BCUT2D eigenvalue weighted by molar-refractivity contribution is -0.134. The monoisotopic (exact) mass is 365 g/mol. The van der Waals surface area contributed by atoms with E-state index >= 15 is 0 Å². The van der Waals surface area contributed by atoms with Gasteiger partial charge in [-0.15, -0.1) is 0 Å². The Morgan fingerprint density at radius 3 is 2.37 bits per heavy atom. The molecule has 1 heterocycles. The maximum Gasteiger partial charge on any atom is 0.325 e. The molecule has 1 saturated heterocycles. The summed E-state index contributed by atoms with van der Waals surface area (Å²) >= 11 is 0. The molecule has 1 atom stereocenters. The van der Waals surface area contributed by atoms with Gasteiger partial charge in [0.1, 0.15) is 12.1 Å². The number of nitrogens with zero attached hydrogens (tertiary/aromatic N) is 1. The number of amides is 4. The summed E-state index contributed by atoms with van der Waals surface area (Å²) in [5, 5.41) is 5.55. The molecular weight excluding hydrogens is 342 g/mol. The van der Waals surface area contributed by atoms with Crippen LogP contribution in [0.3, 0.4) is 0 Å². The maximum absolute atomic E-state index is 13.1. The van der Waals surface area contributed by atoms with Crippen molar-refractivity contribution in [1.29, 1.82) is 0 Å². The predicted molar refractivity (Wildman–Crippen MR) is 103 cm³/mol. The standard InChI is InChI=1S/C21H23N3O3/c1-4-21(16-11-9-14(2)10-12-16)19(26)24(20(27)23-21)13-18(25)22-17-8-6-5-7-15(17)3/h5-12H,4,13H2,1-3H3,(H,22,25)(H,23,27). The van der Waals surface area contributed by atoms with E-state index in [2.05, 4.69) is 10.6 Å². The number of carbonyl (C=O) groups excluding carboxylic acids is 3. The smallest absolute Gasteiger partial charge is 0.324 e. The highest BCUT2D eigenvalue weighted by Crippen LogP contribution is 2.32. The van der Waals surface area contributed by atoms with Gasteiger partial charge in [-0.2, -0.15) is 0 Å². The van der Waals surface area contributed by atoms with E-state index in [9.17, 15) is 14.4 Å². The summed E-state index contributed by atoms with van der Waals surface area (Å²) in [6, 6.07) is 14.3. The van der Waals surface area contributed by atoms with Crippen LogP contribution in [0.5, 0.6) is 0 Å². The number of rotatable bonds is 5. The molecule has 1 aliphatic rings. The van der Waals surface area contributed by atoms with Crippen molar-refractivity contribution in [1.82, 2.24) is 10.2 Å². The molecule has 2 aromatic carbocycles. The van der Waals surface area contributed by atoms with Crippen LogP contribution in [0, 0.1) is 13.8 Å².